The van der Waals surface area contributed by atoms with Crippen LogP contribution in [0.15, 0.2) is 42.5 Å². The lowest BCUT2D eigenvalue weighted by atomic mass is 9.83. The number of hydrogen-bond donors (Lipinski definition) is 1. The maximum Gasteiger partial charge on any atom is 0.337 e. The van der Waals surface area contributed by atoms with E-state index in [2.05, 4.69) is 0 Å². The Morgan fingerprint density at radius 1 is 0.946 bits per heavy atom. The van der Waals surface area contributed by atoms with E-state index in [0.717, 1.165) is 51.1 Å². The van der Waals surface area contributed by atoms with Gasteiger partial charge in [-0.1, -0.05) is 29.8 Å². The summed E-state index contributed by atoms with van der Waals surface area (Å²) in [6.45, 7) is 11.6. The van der Waals surface area contributed by atoms with Gasteiger partial charge in [-0.3, -0.25) is 4.79 Å². The Morgan fingerprint density at radius 3 is 2.08 bits per heavy atom. The summed E-state index contributed by atoms with van der Waals surface area (Å²) in [5.41, 5.74) is 5.58. The van der Waals surface area contributed by atoms with Crippen LogP contribution in [0.2, 0.25) is 0 Å². The molecular formula is C30H31F2NO4. The fourth-order valence-corrected chi connectivity index (χ4v) is 5.00. The van der Waals surface area contributed by atoms with Crippen LogP contribution in [0, 0.1) is 32.4 Å². The van der Waals surface area contributed by atoms with Crippen LogP contribution >= 0.6 is 0 Å². The first-order valence-corrected chi connectivity index (χ1v) is 12.1. The highest BCUT2D eigenvalue weighted by molar-refractivity contribution is 5.95. The first-order valence-electron chi connectivity index (χ1n) is 12.1. The number of amides is 1. The second-order valence-electron chi connectivity index (χ2n) is 10.6. The molecule has 3 aromatic carbocycles. The number of nitrogens with zero attached hydrogens (tertiary/aromatic N) is 1. The molecule has 0 spiro atoms. The summed E-state index contributed by atoms with van der Waals surface area (Å²) in [6.07, 6.45) is -1.24. The van der Waals surface area contributed by atoms with Crippen molar-refractivity contribution in [2.45, 2.75) is 66.3 Å². The first-order chi connectivity index (χ1) is 17.3. The highest BCUT2D eigenvalue weighted by Crippen LogP contribution is 2.44. The van der Waals surface area contributed by atoms with Crippen LogP contribution in [0.4, 0.5) is 8.78 Å². The van der Waals surface area contributed by atoms with Crippen LogP contribution in [0.1, 0.15) is 70.6 Å². The van der Waals surface area contributed by atoms with Crippen LogP contribution in [-0.2, 0) is 22.6 Å². The van der Waals surface area contributed by atoms with Crippen molar-refractivity contribution in [3.63, 3.8) is 0 Å². The summed E-state index contributed by atoms with van der Waals surface area (Å²) < 4.78 is 33.9. The van der Waals surface area contributed by atoms with E-state index in [1.54, 1.807) is 0 Å². The summed E-state index contributed by atoms with van der Waals surface area (Å²) in [5.74, 6) is -3.33. The van der Waals surface area contributed by atoms with Crippen molar-refractivity contribution in [3.8, 4) is 11.1 Å². The van der Waals surface area contributed by atoms with E-state index >= 15 is 0 Å². The number of benzene rings is 3. The van der Waals surface area contributed by atoms with Crippen molar-refractivity contribution >= 4 is 11.9 Å². The number of carboxylic acids is 1. The lowest BCUT2D eigenvalue weighted by molar-refractivity contribution is -0.160. The molecule has 3 aromatic rings. The summed E-state index contributed by atoms with van der Waals surface area (Å²) in [5, 5.41) is 10.2. The summed E-state index contributed by atoms with van der Waals surface area (Å²) in [4.78, 5) is 27.3. The molecular weight excluding hydrogens is 476 g/mol. The molecule has 1 N–H and O–H groups in total. The molecule has 0 saturated carbocycles. The molecule has 1 heterocycles. The average Bonchev–Trinajstić information content (AvgIpc) is 3.26. The average molecular weight is 508 g/mol. The second-order valence-corrected chi connectivity index (χ2v) is 10.6. The number of fused-ring (bicyclic) bond motifs is 1. The predicted molar refractivity (Wildman–Crippen MR) is 137 cm³/mol. The molecule has 1 atom stereocenters. The van der Waals surface area contributed by atoms with Gasteiger partial charge in [0, 0.05) is 24.7 Å². The van der Waals surface area contributed by atoms with Gasteiger partial charge in [-0.15, -0.1) is 0 Å². The van der Waals surface area contributed by atoms with Gasteiger partial charge < -0.3 is 14.7 Å². The maximum absolute atomic E-state index is 14.4. The first kappa shape index (κ1) is 26.5. The highest BCUT2D eigenvalue weighted by atomic mass is 19.1. The van der Waals surface area contributed by atoms with Crippen LogP contribution < -0.4 is 0 Å². The fraction of sp³-hybridized carbons (Fsp3) is 0.333. The topological polar surface area (TPSA) is 66.8 Å². The molecule has 0 fully saturated rings. The zero-order valence-corrected chi connectivity index (χ0v) is 21.9. The highest BCUT2D eigenvalue weighted by Gasteiger charge is 2.36. The van der Waals surface area contributed by atoms with Gasteiger partial charge in [-0.25, -0.2) is 13.6 Å². The number of carbonyl (C=O) groups is 2. The van der Waals surface area contributed by atoms with Gasteiger partial charge >= 0.3 is 5.97 Å². The minimum absolute atomic E-state index is 0.181. The Hall–Kier alpha value is -3.58. The Bertz CT molecular complexity index is 1390. The normalized spacial score (nSPS) is 14.0. The van der Waals surface area contributed by atoms with E-state index in [0.29, 0.717) is 11.6 Å². The van der Waals surface area contributed by atoms with Crippen LogP contribution in [0.3, 0.4) is 0 Å². The van der Waals surface area contributed by atoms with Gasteiger partial charge in [-0.05, 0) is 87.1 Å². The third-order valence-corrected chi connectivity index (χ3v) is 6.76. The van der Waals surface area contributed by atoms with Gasteiger partial charge in [0.1, 0.15) is 11.6 Å². The van der Waals surface area contributed by atoms with E-state index in [9.17, 15) is 23.5 Å². The summed E-state index contributed by atoms with van der Waals surface area (Å²) in [7, 11) is 0. The van der Waals surface area contributed by atoms with Crippen molar-refractivity contribution in [2.24, 2.45) is 0 Å². The van der Waals surface area contributed by atoms with Gasteiger partial charge in [0.2, 0.25) is 0 Å². The number of aryl methyl sites for hydroxylation is 1. The number of carbonyl (C=O) groups excluding carboxylic acids is 1. The molecule has 0 aliphatic carbocycles. The molecule has 0 bridgehead atoms. The lowest BCUT2D eigenvalue weighted by Crippen LogP contribution is -2.28. The number of carboxylic acid groups (broad SMARTS) is 1. The van der Waals surface area contributed by atoms with Crippen LogP contribution in [0.5, 0.6) is 0 Å². The Morgan fingerprint density at radius 2 is 1.54 bits per heavy atom. The predicted octanol–water partition coefficient (Wildman–Crippen LogP) is 6.65. The molecule has 0 saturated heterocycles. The smallest absolute Gasteiger partial charge is 0.337 e. The molecule has 0 radical (unpaired) electrons. The van der Waals surface area contributed by atoms with Crippen LogP contribution in [-0.4, -0.2) is 27.5 Å². The molecule has 1 aliphatic rings. The summed E-state index contributed by atoms with van der Waals surface area (Å²) >= 11 is 0. The lowest BCUT2D eigenvalue weighted by Gasteiger charge is -2.29. The molecule has 0 unspecified atom stereocenters. The van der Waals surface area contributed by atoms with E-state index in [1.807, 2.05) is 65.8 Å². The second kappa shape index (κ2) is 9.71. The van der Waals surface area contributed by atoms with Gasteiger partial charge in [-0.2, -0.15) is 0 Å². The molecule has 4 rings (SSSR count). The van der Waals surface area contributed by atoms with E-state index in [1.165, 1.54) is 4.90 Å². The minimum Gasteiger partial charge on any atom is -0.479 e. The minimum atomic E-state index is -1.24. The Labute approximate surface area is 215 Å². The largest absolute Gasteiger partial charge is 0.479 e. The SMILES string of the molecule is Cc1ccc(-c2c(C)c3c(c(C)c2[C@H](OC(C)(C)C)C(=O)O)CN(C(=O)c2ccc(F)cc2F)C3)cc1. The number of hydrogen-bond acceptors (Lipinski definition) is 3. The number of ether oxygens (including phenoxy) is 1. The Balaban J connectivity index is 1.89. The molecule has 5 nitrogen and oxygen atoms in total. The molecule has 37 heavy (non-hydrogen) atoms. The zero-order chi connectivity index (χ0) is 27.2. The third-order valence-electron chi connectivity index (χ3n) is 6.76. The quantitative estimate of drug-likeness (QED) is 0.420. The van der Waals surface area contributed by atoms with E-state index in [4.69, 9.17) is 4.74 Å². The maximum atomic E-state index is 14.4. The van der Waals surface area contributed by atoms with E-state index in [-0.39, 0.29) is 18.7 Å². The van der Waals surface area contributed by atoms with Crippen molar-refractivity contribution in [1.29, 1.82) is 0 Å². The molecule has 7 heteroatoms. The zero-order valence-electron chi connectivity index (χ0n) is 21.9. The number of aliphatic carboxylic acids is 1. The van der Waals surface area contributed by atoms with Crippen molar-refractivity contribution in [3.05, 3.63) is 93.0 Å². The van der Waals surface area contributed by atoms with Crippen LogP contribution in [0.25, 0.3) is 11.1 Å². The monoisotopic (exact) mass is 507 g/mol. The number of halogens is 2. The van der Waals surface area contributed by atoms with Crippen molar-refractivity contribution in [1.82, 2.24) is 4.90 Å². The molecule has 1 amide bonds. The summed E-state index contributed by atoms with van der Waals surface area (Å²) in [6, 6.07) is 10.7. The van der Waals surface area contributed by atoms with Gasteiger partial charge in [0.25, 0.3) is 5.91 Å². The van der Waals surface area contributed by atoms with Crippen molar-refractivity contribution in [2.75, 3.05) is 0 Å². The van der Waals surface area contributed by atoms with Crippen molar-refractivity contribution < 1.29 is 28.2 Å². The van der Waals surface area contributed by atoms with E-state index < -0.39 is 35.2 Å². The Kier molecular flexibility index (Phi) is 6.95. The van der Waals surface area contributed by atoms with Gasteiger partial charge in [0.05, 0.1) is 11.2 Å². The van der Waals surface area contributed by atoms with Gasteiger partial charge in [0.15, 0.2) is 6.10 Å². The fourth-order valence-electron chi connectivity index (χ4n) is 5.00. The molecule has 194 valence electrons. The molecule has 1 aliphatic heterocycles. The third kappa shape index (κ3) is 5.14. The standard InChI is InChI=1S/C30H31F2NO4/c1-16-7-9-19(10-8-16)25-17(2)22-14-33(28(34)21-12-11-20(31)13-24(21)32)15-23(22)18(3)26(25)27(29(35)36)37-30(4,5)6/h7-13,27H,14-15H2,1-6H3,(H,35,36)/t27-/m0/s1. The number of rotatable bonds is 5. The molecule has 0 aromatic heterocycles.